The average molecular weight is 291 g/mol. The van der Waals surface area contributed by atoms with Crippen molar-refractivity contribution in [1.82, 2.24) is 15.1 Å². The summed E-state index contributed by atoms with van der Waals surface area (Å²) in [4.78, 5) is 37.9. The van der Waals surface area contributed by atoms with Crippen LogP contribution in [0.4, 0.5) is 4.79 Å². The van der Waals surface area contributed by atoms with Crippen LogP contribution in [0.3, 0.4) is 0 Å². The van der Waals surface area contributed by atoms with Crippen LogP contribution in [0, 0.1) is 0 Å². The summed E-state index contributed by atoms with van der Waals surface area (Å²) in [6.07, 6.45) is 0. The lowest BCUT2D eigenvalue weighted by Gasteiger charge is -2.32. The van der Waals surface area contributed by atoms with Crippen molar-refractivity contribution in [2.45, 2.75) is 6.04 Å². The first-order valence-corrected chi connectivity index (χ1v) is 6.56. The molecule has 1 fully saturated rings. The van der Waals surface area contributed by atoms with Gasteiger partial charge in [-0.1, -0.05) is 30.3 Å². The number of benzene rings is 1. The molecule has 0 radical (unpaired) electrons. The van der Waals surface area contributed by atoms with Crippen molar-refractivity contribution in [2.24, 2.45) is 0 Å². The van der Waals surface area contributed by atoms with Crippen molar-refractivity contribution >= 4 is 17.9 Å². The summed E-state index contributed by atoms with van der Waals surface area (Å²) in [5.74, 6) is -1.31. The number of nitrogens with zero attached hydrogens (tertiary/aromatic N) is 2. The number of amides is 3. The maximum Gasteiger partial charge on any atom is 0.330 e. The SMILES string of the molecule is CN1CCN(C(=O)NC(C(=O)O)c2ccccc2)CC1=O. The molecule has 21 heavy (non-hydrogen) atoms. The Balaban J connectivity index is 2.06. The van der Waals surface area contributed by atoms with Gasteiger partial charge >= 0.3 is 12.0 Å². The van der Waals surface area contributed by atoms with Crippen LogP contribution < -0.4 is 5.32 Å². The van der Waals surface area contributed by atoms with Crippen molar-refractivity contribution < 1.29 is 19.5 Å². The number of piperazine rings is 1. The molecule has 1 heterocycles. The highest BCUT2D eigenvalue weighted by Crippen LogP contribution is 2.13. The van der Waals surface area contributed by atoms with E-state index < -0.39 is 18.0 Å². The lowest BCUT2D eigenvalue weighted by atomic mass is 10.1. The van der Waals surface area contributed by atoms with E-state index in [1.165, 1.54) is 9.80 Å². The minimum absolute atomic E-state index is 0.0382. The molecule has 1 unspecified atom stereocenters. The van der Waals surface area contributed by atoms with Gasteiger partial charge < -0.3 is 20.2 Å². The molecule has 112 valence electrons. The van der Waals surface area contributed by atoms with Gasteiger partial charge in [0, 0.05) is 20.1 Å². The van der Waals surface area contributed by atoms with Gasteiger partial charge in [0.25, 0.3) is 0 Å². The summed E-state index contributed by atoms with van der Waals surface area (Å²) in [5, 5.41) is 11.7. The zero-order valence-corrected chi connectivity index (χ0v) is 11.7. The Kier molecular flexibility index (Phi) is 4.42. The molecule has 0 aromatic heterocycles. The minimum Gasteiger partial charge on any atom is -0.479 e. The highest BCUT2D eigenvalue weighted by Gasteiger charge is 2.28. The molecular formula is C14H17N3O4. The van der Waals surface area contributed by atoms with Gasteiger partial charge in [0.05, 0.1) is 0 Å². The van der Waals surface area contributed by atoms with Crippen LogP contribution in [-0.4, -0.2) is 59.5 Å². The second-order valence-corrected chi connectivity index (χ2v) is 4.87. The van der Waals surface area contributed by atoms with Gasteiger partial charge in [-0.3, -0.25) is 4.79 Å². The maximum atomic E-state index is 12.1. The van der Waals surface area contributed by atoms with Gasteiger partial charge in [-0.25, -0.2) is 9.59 Å². The Morgan fingerprint density at radius 2 is 1.90 bits per heavy atom. The fourth-order valence-electron chi connectivity index (χ4n) is 2.08. The highest BCUT2D eigenvalue weighted by atomic mass is 16.4. The van der Waals surface area contributed by atoms with Crippen molar-refractivity contribution in [1.29, 1.82) is 0 Å². The molecule has 0 saturated carbocycles. The topological polar surface area (TPSA) is 89.9 Å². The Labute approximate surface area is 122 Å². The molecule has 1 aliphatic rings. The molecule has 0 bridgehead atoms. The van der Waals surface area contributed by atoms with E-state index in [2.05, 4.69) is 5.32 Å². The lowest BCUT2D eigenvalue weighted by Crippen LogP contribution is -2.54. The van der Waals surface area contributed by atoms with Crippen LogP contribution in [0.2, 0.25) is 0 Å². The Morgan fingerprint density at radius 1 is 1.24 bits per heavy atom. The highest BCUT2D eigenvalue weighted by molar-refractivity contribution is 5.88. The summed E-state index contributed by atoms with van der Waals surface area (Å²) in [5.41, 5.74) is 0.485. The van der Waals surface area contributed by atoms with E-state index in [1.807, 2.05) is 0 Å². The Bertz CT molecular complexity index is 546. The van der Waals surface area contributed by atoms with Gasteiger partial charge in [0.2, 0.25) is 5.91 Å². The maximum absolute atomic E-state index is 12.1. The third-order valence-electron chi connectivity index (χ3n) is 3.39. The second kappa shape index (κ2) is 6.25. The summed E-state index contributed by atoms with van der Waals surface area (Å²) >= 11 is 0. The smallest absolute Gasteiger partial charge is 0.330 e. The van der Waals surface area contributed by atoms with Crippen LogP contribution in [0.1, 0.15) is 11.6 Å². The molecule has 0 aliphatic carbocycles. The van der Waals surface area contributed by atoms with Crippen LogP contribution in [0.5, 0.6) is 0 Å². The number of carboxylic acids is 1. The quantitative estimate of drug-likeness (QED) is 0.838. The largest absolute Gasteiger partial charge is 0.479 e. The first-order valence-electron chi connectivity index (χ1n) is 6.56. The summed E-state index contributed by atoms with van der Waals surface area (Å²) < 4.78 is 0. The van der Waals surface area contributed by atoms with E-state index in [1.54, 1.807) is 37.4 Å². The van der Waals surface area contributed by atoms with Crippen LogP contribution in [0.25, 0.3) is 0 Å². The lowest BCUT2D eigenvalue weighted by molar-refractivity contribution is -0.139. The van der Waals surface area contributed by atoms with Crippen molar-refractivity contribution in [3.05, 3.63) is 35.9 Å². The molecule has 1 atom stereocenters. The van der Waals surface area contributed by atoms with E-state index >= 15 is 0 Å². The van der Waals surface area contributed by atoms with E-state index in [4.69, 9.17) is 0 Å². The fraction of sp³-hybridized carbons (Fsp3) is 0.357. The number of aliphatic carboxylic acids is 1. The third-order valence-corrected chi connectivity index (χ3v) is 3.39. The average Bonchev–Trinajstić information content (AvgIpc) is 2.48. The molecule has 0 spiro atoms. The molecule has 1 aromatic carbocycles. The van der Waals surface area contributed by atoms with Gasteiger partial charge in [0.1, 0.15) is 6.54 Å². The number of carbonyl (C=O) groups excluding carboxylic acids is 2. The van der Waals surface area contributed by atoms with Crippen molar-refractivity contribution in [3.8, 4) is 0 Å². The third kappa shape index (κ3) is 3.50. The zero-order valence-electron chi connectivity index (χ0n) is 11.7. The number of carboxylic acid groups (broad SMARTS) is 1. The number of carbonyl (C=O) groups is 3. The molecule has 1 aliphatic heterocycles. The first-order chi connectivity index (χ1) is 9.99. The van der Waals surface area contributed by atoms with Crippen LogP contribution >= 0.6 is 0 Å². The van der Waals surface area contributed by atoms with E-state index in [-0.39, 0.29) is 12.5 Å². The summed E-state index contributed by atoms with van der Waals surface area (Å²) in [7, 11) is 1.67. The summed E-state index contributed by atoms with van der Waals surface area (Å²) in [6, 6.07) is 6.76. The van der Waals surface area contributed by atoms with E-state index in [9.17, 15) is 19.5 Å². The van der Waals surface area contributed by atoms with Crippen molar-refractivity contribution in [2.75, 3.05) is 26.7 Å². The predicted molar refractivity (Wildman–Crippen MR) is 74.6 cm³/mol. The number of likely N-dealkylation sites (N-methyl/N-ethyl adjacent to an activating group) is 1. The zero-order chi connectivity index (χ0) is 15.4. The number of hydrogen-bond donors (Lipinski definition) is 2. The molecule has 3 amide bonds. The van der Waals surface area contributed by atoms with Gasteiger partial charge in [0.15, 0.2) is 6.04 Å². The number of nitrogens with one attached hydrogen (secondary N) is 1. The second-order valence-electron chi connectivity index (χ2n) is 4.87. The minimum atomic E-state index is -1.14. The van der Waals surface area contributed by atoms with E-state index in [0.29, 0.717) is 18.7 Å². The Hall–Kier alpha value is -2.57. The number of urea groups is 1. The van der Waals surface area contributed by atoms with Gasteiger partial charge in [-0.15, -0.1) is 0 Å². The molecule has 1 aromatic rings. The number of rotatable bonds is 3. The van der Waals surface area contributed by atoms with Crippen LogP contribution in [0.15, 0.2) is 30.3 Å². The van der Waals surface area contributed by atoms with Gasteiger partial charge in [-0.2, -0.15) is 0 Å². The fourth-order valence-corrected chi connectivity index (χ4v) is 2.08. The normalized spacial score (nSPS) is 16.5. The first kappa shape index (κ1) is 14.8. The Morgan fingerprint density at radius 3 is 2.48 bits per heavy atom. The predicted octanol–water partition coefficient (Wildman–Crippen LogP) is 0.296. The monoisotopic (exact) mass is 291 g/mol. The van der Waals surface area contributed by atoms with Crippen LogP contribution in [-0.2, 0) is 9.59 Å². The standard InChI is InChI=1S/C14H17N3O4/c1-16-7-8-17(9-11(16)18)14(21)15-12(13(19)20)10-5-3-2-4-6-10/h2-6,12H,7-9H2,1H3,(H,15,21)(H,19,20). The molecule has 2 N–H and O–H groups in total. The molecule has 1 saturated heterocycles. The molecule has 7 heteroatoms. The van der Waals surface area contributed by atoms with Gasteiger partial charge in [-0.05, 0) is 5.56 Å². The molecular weight excluding hydrogens is 274 g/mol. The molecule has 2 rings (SSSR count). The van der Waals surface area contributed by atoms with E-state index in [0.717, 1.165) is 0 Å². The molecule has 7 nitrogen and oxygen atoms in total. The number of hydrogen-bond acceptors (Lipinski definition) is 3. The van der Waals surface area contributed by atoms with Crippen molar-refractivity contribution in [3.63, 3.8) is 0 Å². The summed E-state index contributed by atoms with van der Waals surface area (Å²) in [6.45, 7) is 0.786.